The van der Waals surface area contributed by atoms with Crippen LogP contribution < -0.4 is 15.4 Å². The quantitative estimate of drug-likeness (QED) is 0.732. The summed E-state index contributed by atoms with van der Waals surface area (Å²) in [6.07, 6.45) is 1.58. The van der Waals surface area contributed by atoms with Gasteiger partial charge in [-0.2, -0.15) is 0 Å². The molecule has 154 valence electrons. The number of methoxy groups -OCH3 is 1. The lowest BCUT2D eigenvalue weighted by molar-refractivity contribution is -0.121. The summed E-state index contributed by atoms with van der Waals surface area (Å²) in [6, 6.07) is 14.2. The smallest absolute Gasteiger partial charge is 0.321 e. The number of amides is 3. The van der Waals surface area contributed by atoms with E-state index in [0.717, 1.165) is 18.5 Å². The highest BCUT2D eigenvalue weighted by Crippen LogP contribution is 2.27. The highest BCUT2D eigenvalue weighted by atomic mass is 35.5. The zero-order valence-corrected chi connectivity index (χ0v) is 17.4. The second kappa shape index (κ2) is 9.65. The van der Waals surface area contributed by atoms with Crippen molar-refractivity contribution in [3.05, 3.63) is 53.6 Å². The molecule has 2 aromatic rings. The first-order valence-electron chi connectivity index (χ1n) is 9.72. The van der Waals surface area contributed by atoms with Crippen LogP contribution in [-0.4, -0.2) is 37.0 Å². The van der Waals surface area contributed by atoms with Crippen molar-refractivity contribution in [1.29, 1.82) is 0 Å². The first-order valence-corrected chi connectivity index (χ1v) is 10.1. The van der Waals surface area contributed by atoms with Crippen LogP contribution in [0.4, 0.5) is 16.2 Å². The first-order chi connectivity index (χ1) is 14.0. The van der Waals surface area contributed by atoms with Crippen molar-refractivity contribution in [3.63, 3.8) is 0 Å². The van der Waals surface area contributed by atoms with Crippen LogP contribution in [0, 0.1) is 11.8 Å². The van der Waals surface area contributed by atoms with E-state index in [1.807, 2.05) is 25.1 Å². The topological polar surface area (TPSA) is 70.7 Å². The SMILES string of the molecule is COc1cccc(NC(=O)[C@@H](C)C2CCN(C(=O)Nc3ccc(Cl)cc3)CC2)c1. The maximum Gasteiger partial charge on any atom is 0.321 e. The molecule has 0 spiro atoms. The summed E-state index contributed by atoms with van der Waals surface area (Å²) in [5.41, 5.74) is 1.44. The number of likely N-dealkylation sites (tertiary alicyclic amines) is 1. The number of benzene rings is 2. The minimum atomic E-state index is -0.136. The molecule has 3 rings (SSSR count). The zero-order chi connectivity index (χ0) is 20.8. The van der Waals surface area contributed by atoms with Gasteiger partial charge in [0.1, 0.15) is 5.75 Å². The standard InChI is InChI=1S/C22H26ClN3O3/c1-15(21(27)24-19-4-3-5-20(14-19)29-2)16-10-12-26(13-11-16)22(28)25-18-8-6-17(23)7-9-18/h3-9,14-16H,10-13H2,1-2H3,(H,24,27)(H,25,28)/t15-/m0/s1. The number of piperidine rings is 1. The zero-order valence-electron chi connectivity index (χ0n) is 16.7. The summed E-state index contributed by atoms with van der Waals surface area (Å²) < 4.78 is 5.19. The van der Waals surface area contributed by atoms with Crippen molar-refractivity contribution in [2.24, 2.45) is 11.8 Å². The van der Waals surface area contributed by atoms with E-state index in [0.29, 0.717) is 29.5 Å². The van der Waals surface area contributed by atoms with Crippen LogP contribution in [0.15, 0.2) is 48.5 Å². The average Bonchev–Trinajstić information content (AvgIpc) is 2.75. The lowest BCUT2D eigenvalue weighted by atomic mass is 9.85. The van der Waals surface area contributed by atoms with E-state index in [9.17, 15) is 9.59 Å². The number of hydrogen-bond donors (Lipinski definition) is 2. The van der Waals surface area contributed by atoms with E-state index in [-0.39, 0.29) is 23.8 Å². The Morgan fingerprint density at radius 3 is 2.41 bits per heavy atom. The van der Waals surface area contributed by atoms with Crippen LogP contribution in [-0.2, 0) is 4.79 Å². The van der Waals surface area contributed by atoms with Gasteiger partial charge < -0.3 is 20.3 Å². The first kappa shape index (κ1) is 21.0. The van der Waals surface area contributed by atoms with Gasteiger partial charge in [-0.1, -0.05) is 24.6 Å². The summed E-state index contributed by atoms with van der Waals surface area (Å²) in [7, 11) is 1.60. The molecule has 0 aliphatic carbocycles. The maximum absolute atomic E-state index is 12.6. The predicted molar refractivity (Wildman–Crippen MR) is 116 cm³/mol. The minimum Gasteiger partial charge on any atom is -0.497 e. The van der Waals surface area contributed by atoms with E-state index in [1.54, 1.807) is 42.3 Å². The number of carbonyl (C=O) groups is 2. The second-order valence-electron chi connectivity index (χ2n) is 7.27. The van der Waals surface area contributed by atoms with Gasteiger partial charge in [-0.25, -0.2) is 4.79 Å². The highest BCUT2D eigenvalue weighted by molar-refractivity contribution is 6.30. The van der Waals surface area contributed by atoms with Gasteiger partial charge in [-0.05, 0) is 55.2 Å². The average molecular weight is 416 g/mol. The molecule has 7 heteroatoms. The van der Waals surface area contributed by atoms with Crippen LogP contribution in [0.2, 0.25) is 5.02 Å². The monoisotopic (exact) mass is 415 g/mol. The van der Waals surface area contributed by atoms with Gasteiger partial charge in [0.05, 0.1) is 7.11 Å². The molecule has 1 atom stereocenters. The van der Waals surface area contributed by atoms with Gasteiger partial charge in [-0.3, -0.25) is 4.79 Å². The molecule has 2 N–H and O–H groups in total. The molecule has 1 fully saturated rings. The Labute approximate surface area is 176 Å². The van der Waals surface area contributed by atoms with Crippen LogP contribution in [0.25, 0.3) is 0 Å². The Balaban J connectivity index is 1.49. The number of anilines is 2. The van der Waals surface area contributed by atoms with Crippen molar-refractivity contribution < 1.29 is 14.3 Å². The van der Waals surface area contributed by atoms with Crippen LogP contribution >= 0.6 is 11.6 Å². The summed E-state index contributed by atoms with van der Waals surface area (Å²) in [4.78, 5) is 26.9. The maximum atomic E-state index is 12.6. The fourth-order valence-electron chi connectivity index (χ4n) is 3.51. The van der Waals surface area contributed by atoms with Gasteiger partial charge in [0.2, 0.25) is 5.91 Å². The third-order valence-corrected chi connectivity index (χ3v) is 5.63. The number of nitrogens with zero attached hydrogens (tertiary/aromatic N) is 1. The molecular formula is C22H26ClN3O3. The number of hydrogen-bond acceptors (Lipinski definition) is 3. The van der Waals surface area contributed by atoms with E-state index in [4.69, 9.17) is 16.3 Å². The number of urea groups is 1. The fraction of sp³-hybridized carbons (Fsp3) is 0.364. The van der Waals surface area contributed by atoms with E-state index in [1.165, 1.54) is 0 Å². The fourth-order valence-corrected chi connectivity index (χ4v) is 3.64. The molecule has 3 amide bonds. The summed E-state index contributed by atoms with van der Waals surface area (Å²) >= 11 is 5.87. The third kappa shape index (κ3) is 5.64. The van der Waals surface area contributed by atoms with Crippen molar-refractivity contribution in [3.8, 4) is 5.75 Å². The minimum absolute atomic E-state index is 0.0117. The molecule has 0 aromatic heterocycles. The van der Waals surface area contributed by atoms with Crippen LogP contribution in [0.5, 0.6) is 5.75 Å². The van der Waals surface area contributed by atoms with Gasteiger partial charge in [-0.15, -0.1) is 0 Å². The number of nitrogens with one attached hydrogen (secondary N) is 2. The second-order valence-corrected chi connectivity index (χ2v) is 7.71. The van der Waals surface area contributed by atoms with Crippen molar-refractivity contribution in [2.45, 2.75) is 19.8 Å². The van der Waals surface area contributed by atoms with E-state index >= 15 is 0 Å². The lowest BCUT2D eigenvalue weighted by Gasteiger charge is -2.34. The summed E-state index contributed by atoms with van der Waals surface area (Å²) in [5, 5.41) is 6.48. The third-order valence-electron chi connectivity index (χ3n) is 5.38. The Bertz CT molecular complexity index is 849. The molecule has 29 heavy (non-hydrogen) atoms. The largest absolute Gasteiger partial charge is 0.497 e. The molecule has 1 aliphatic heterocycles. The Hall–Kier alpha value is -2.73. The molecule has 1 aliphatic rings. The molecule has 1 saturated heterocycles. The summed E-state index contributed by atoms with van der Waals surface area (Å²) in [5.74, 6) is 0.792. The molecule has 0 radical (unpaired) electrons. The van der Waals surface area contributed by atoms with E-state index in [2.05, 4.69) is 10.6 Å². The van der Waals surface area contributed by atoms with Gasteiger partial charge in [0.15, 0.2) is 0 Å². The Morgan fingerprint density at radius 1 is 1.07 bits per heavy atom. The van der Waals surface area contributed by atoms with Crippen LogP contribution in [0.1, 0.15) is 19.8 Å². The molecule has 0 saturated carbocycles. The van der Waals surface area contributed by atoms with Gasteiger partial charge >= 0.3 is 6.03 Å². The van der Waals surface area contributed by atoms with E-state index < -0.39 is 0 Å². The number of halogens is 1. The molecule has 6 nitrogen and oxygen atoms in total. The molecule has 1 heterocycles. The molecular weight excluding hydrogens is 390 g/mol. The predicted octanol–water partition coefficient (Wildman–Crippen LogP) is 4.87. The Morgan fingerprint density at radius 2 is 1.76 bits per heavy atom. The number of ether oxygens (including phenoxy) is 1. The van der Waals surface area contributed by atoms with Crippen LogP contribution in [0.3, 0.4) is 0 Å². The van der Waals surface area contributed by atoms with Gasteiger partial charge in [0, 0.05) is 41.5 Å². The molecule has 0 unspecified atom stereocenters. The number of carbonyl (C=O) groups excluding carboxylic acids is 2. The number of rotatable bonds is 5. The summed E-state index contributed by atoms with van der Waals surface area (Å²) in [6.45, 7) is 3.20. The lowest BCUT2D eigenvalue weighted by Crippen LogP contribution is -2.43. The van der Waals surface area contributed by atoms with Gasteiger partial charge in [0.25, 0.3) is 0 Å². The van der Waals surface area contributed by atoms with Crippen molar-refractivity contribution in [2.75, 3.05) is 30.8 Å². The van der Waals surface area contributed by atoms with Crippen molar-refractivity contribution in [1.82, 2.24) is 4.90 Å². The molecule has 2 aromatic carbocycles. The normalized spacial score (nSPS) is 15.5. The molecule has 0 bridgehead atoms. The highest BCUT2D eigenvalue weighted by Gasteiger charge is 2.30. The van der Waals surface area contributed by atoms with Crippen molar-refractivity contribution >= 4 is 34.9 Å². The Kier molecular flexibility index (Phi) is 6.99.